The molecule has 6 heteroatoms. The van der Waals surface area contributed by atoms with Crippen LogP contribution in [0.2, 0.25) is 0 Å². The van der Waals surface area contributed by atoms with Gasteiger partial charge in [-0.2, -0.15) is 0 Å². The molecule has 38 heavy (non-hydrogen) atoms. The van der Waals surface area contributed by atoms with Gasteiger partial charge in [-0.3, -0.25) is 4.79 Å². The molecule has 4 aliphatic carbocycles. The van der Waals surface area contributed by atoms with E-state index in [9.17, 15) is 9.90 Å². The lowest BCUT2D eigenvalue weighted by Gasteiger charge is -2.58. The molecule has 0 saturated heterocycles. The van der Waals surface area contributed by atoms with Crippen LogP contribution in [0.3, 0.4) is 0 Å². The van der Waals surface area contributed by atoms with E-state index in [4.69, 9.17) is 4.84 Å². The summed E-state index contributed by atoms with van der Waals surface area (Å²) in [6.45, 7) is 7.26. The van der Waals surface area contributed by atoms with Crippen LogP contribution in [0.5, 0.6) is 0 Å². The molecule has 6 nitrogen and oxygen atoms in total. The number of H-pyrrole nitrogens is 1. The normalized spacial score (nSPS) is 36.9. The third kappa shape index (κ3) is 4.12. The van der Waals surface area contributed by atoms with Gasteiger partial charge in [-0.15, -0.1) is 0 Å². The summed E-state index contributed by atoms with van der Waals surface area (Å²) in [5, 5.41) is 19.6. The SMILES string of the molecule is C[C@]12C=C/C(=N\OCC(=O)NCCc3c[nH]c4ccccc34)C=C1CCC1C2CC[C@@]2(C)C1CC[C@]2(C)O. The Balaban J connectivity index is 1.03. The molecule has 0 radical (unpaired) electrons. The first kappa shape index (κ1) is 25.4. The van der Waals surface area contributed by atoms with Crippen molar-refractivity contribution in [2.75, 3.05) is 13.2 Å². The van der Waals surface area contributed by atoms with Gasteiger partial charge in [0.1, 0.15) is 5.71 Å². The van der Waals surface area contributed by atoms with Crippen molar-refractivity contribution >= 4 is 22.5 Å². The highest BCUT2D eigenvalue weighted by Crippen LogP contribution is 2.66. The van der Waals surface area contributed by atoms with E-state index in [0.29, 0.717) is 24.3 Å². The molecule has 0 bridgehead atoms. The van der Waals surface area contributed by atoms with Crippen molar-refractivity contribution in [2.45, 2.75) is 71.3 Å². The summed E-state index contributed by atoms with van der Waals surface area (Å²) in [6.07, 6.45) is 15.9. The minimum atomic E-state index is -0.540. The molecule has 3 saturated carbocycles. The van der Waals surface area contributed by atoms with Gasteiger partial charge in [-0.05, 0) is 98.8 Å². The fourth-order valence-corrected chi connectivity index (χ4v) is 8.40. The average molecular weight is 516 g/mol. The molecule has 1 aromatic carbocycles. The van der Waals surface area contributed by atoms with E-state index in [0.717, 1.165) is 49.8 Å². The third-order valence-electron chi connectivity index (χ3n) is 10.9. The number of carbonyl (C=O) groups excluding carboxylic acids is 1. The average Bonchev–Trinajstić information content (AvgIpc) is 3.41. The molecule has 1 aromatic heterocycles. The molecule has 3 fully saturated rings. The van der Waals surface area contributed by atoms with Crippen molar-refractivity contribution in [3.63, 3.8) is 0 Å². The highest BCUT2D eigenvalue weighted by atomic mass is 16.6. The Hall–Kier alpha value is -2.86. The van der Waals surface area contributed by atoms with E-state index in [2.05, 4.69) is 66.6 Å². The van der Waals surface area contributed by atoms with Crippen molar-refractivity contribution in [3.8, 4) is 0 Å². The minimum absolute atomic E-state index is 0.0392. The second-order valence-corrected chi connectivity index (χ2v) is 12.7. The Labute approximate surface area is 225 Å². The van der Waals surface area contributed by atoms with Gasteiger partial charge in [0.25, 0.3) is 5.91 Å². The number of amides is 1. The zero-order valence-electron chi connectivity index (χ0n) is 22.9. The number of para-hydroxylation sites is 1. The van der Waals surface area contributed by atoms with Crippen LogP contribution in [0.15, 0.2) is 59.4 Å². The predicted octanol–water partition coefficient (Wildman–Crippen LogP) is 5.69. The molecular formula is C32H41N3O3. The maximum atomic E-state index is 12.3. The van der Waals surface area contributed by atoms with Crippen LogP contribution in [0, 0.1) is 28.6 Å². The quantitative estimate of drug-likeness (QED) is 0.432. The van der Waals surface area contributed by atoms with Crippen LogP contribution in [-0.2, 0) is 16.1 Å². The van der Waals surface area contributed by atoms with E-state index >= 15 is 0 Å². The van der Waals surface area contributed by atoms with Crippen LogP contribution < -0.4 is 5.32 Å². The molecule has 1 heterocycles. The Morgan fingerprint density at radius 3 is 2.84 bits per heavy atom. The topological polar surface area (TPSA) is 86.7 Å². The lowest BCUT2D eigenvalue weighted by molar-refractivity contribution is -0.125. The Bertz CT molecular complexity index is 1320. The number of aromatic amines is 1. The van der Waals surface area contributed by atoms with Crippen molar-refractivity contribution in [3.05, 3.63) is 59.8 Å². The first-order chi connectivity index (χ1) is 18.2. The number of aliphatic hydroxyl groups is 1. The standard InChI is InChI=1S/C32H41N3O3/c1-30-14-10-23(35-38-20-29(36)33-17-13-21-19-34-28-7-5-4-6-24(21)28)18-22(30)8-9-25-26(30)11-15-31(2)27(25)12-16-32(31,3)37/h4-7,10,14,18-19,25-27,34,37H,8-9,11-13,15-17,20H2,1-3H3,(H,33,36)/b35-23+/t25?,26?,27?,30-,31-,32-/m0/s1. The maximum Gasteiger partial charge on any atom is 0.260 e. The number of hydrogen-bond acceptors (Lipinski definition) is 4. The number of fused-ring (bicyclic) bond motifs is 6. The molecule has 3 unspecified atom stereocenters. The molecule has 1 amide bonds. The maximum absolute atomic E-state index is 12.3. The zero-order chi connectivity index (χ0) is 26.5. The van der Waals surface area contributed by atoms with Gasteiger partial charge in [0, 0.05) is 29.1 Å². The molecule has 0 spiro atoms. The Morgan fingerprint density at radius 1 is 1.16 bits per heavy atom. The van der Waals surface area contributed by atoms with Crippen LogP contribution in [0.1, 0.15) is 64.9 Å². The largest absolute Gasteiger partial charge is 0.390 e. The predicted molar refractivity (Wildman–Crippen MR) is 151 cm³/mol. The summed E-state index contributed by atoms with van der Waals surface area (Å²) in [7, 11) is 0. The van der Waals surface area contributed by atoms with Crippen LogP contribution in [0.25, 0.3) is 10.9 Å². The summed E-state index contributed by atoms with van der Waals surface area (Å²) >= 11 is 0. The molecule has 3 N–H and O–H groups in total. The van der Waals surface area contributed by atoms with Crippen molar-refractivity contribution in [1.82, 2.24) is 10.3 Å². The Morgan fingerprint density at radius 2 is 1.97 bits per heavy atom. The lowest BCUT2D eigenvalue weighted by atomic mass is 9.47. The number of carbonyl (C=O) groups is 1. The molecular weight excluding hydrogens is 474 g/mol. The van der Waals surface area contributed by atoms with Crippen molar-refractivity contribution in [2.24, 2.45) is 33.7 Å². The van der Waals surface area contributed by atoms with Gasteiger partial charge < -0.3 is 20.2 Å². The van der Waals surface area contributed by atoms with E-state index in [1.807, 2.05) is 18.3 Å². The van der Waals surface area contributed by atoms with E-state index in [1.165, 1.54) is 22.9 Å². The summed E-state index contributed by atoms with van der Waals surface area (Å²) < 4.78 is 0. The van der Waals surface area contributed by atoms with E-state index in [1.54, 1.807) is 0 Å². The fraction of sp³-hybridized carbons (Fsp3) is 0.562. The van der Waals surface area contributed by atoms with Crippen molar-refractivity contribution < 1.29 is 14.7 Å². The number of hydrogen-bond donors (Lipinski definition) is 3. The molecule has 202 valence electrons. The molecule has 6 rings (SSSR count). The monoisotopic (exact) mass is 515 g/mol. The Kier molecular flexibility index (Phi) is 6.29. The molecule has 6 atom stereocenters. The first-order valence-corrected chi connectivity index (χ1v) is 14.4. The summed E-state index contributed by atoms with van der Waals surface area (Å²) in [5.74, 6) is 1.72. The molecule has 4 aliphatic rings. The highest BCUT2D eigenvalue weighted by molar-refractivity contribution is 6.05. The lowest BCUT2D eigenvalue weighted by Crippen LogP contribution is -2.53. The number of rotatable bonds is 6. The van der Waals surface area contributed by atoms with Gasteiger partial charge in [-0.25, -0.2) is 0 Å². The zero-order valence-corrected chi connectivity index (χ0v) is 22.9. The van der Waals surface area contributed by atoms with Crippen LogP contribution in [-0.4, -0.2) is 40.5 Å². The van der Waals surface area contributed by atoms with Gasteiger partial charge in [0.15, 0.2) is 6.61 Å². The number of allylic oxidation sites excluding steroid dienone is 4. The fourth-order valence-electron chi connectivity index (χ4n) is 8.40. The second-order valence-electron chi connectivity index (χ2n) is 12.7. The molecule has 2 aromatic rings. The number of oxime groups is 1. The third-order valence-corrected chi connectivity index (χ3v) is 10.9. The van der Waals surface area contributed by atoms with Gasteiger partial charge >= 0.3 is 0 Å². The van der Waals surface area contributed by atoms with Crippen LogP contribution >= 0.6 is 0 Å². The van der Waals surface area contributed by atoms with Gasteiger partial charge in [-0.1, -0.05) is 48.9 Å². The van der Waals surface area contributed by atoms with Gasteiger partial charge in [0.05, 0.1) is 5.60 Å². The van der Waals surface area contributed by atoms with E-state index in [-0.39, 0.29) is 23.3 Å². The first-order valence-electron chi connectivity index (χ1n) is 14.4. The van der Waals surface area contributed by atoms with Crippen LogP contribution in [0.4, 0.5) is 0 Å². The number of benzene rings is 1. The summed E-state index contributed by atoms with van der Waals surface area (Å²) in [4.78, 5) is 21.0. The number of aromatic nitrogens is 1. The highest BCUT2D eigenvalue weighted by Gasteiger charge is 2.61. The summed E-state index contributed by atoms with van der Waals surface area (Å²) in [6, 6.07) is 8.19. The molecule has 0 aliphatic heterocycles. The van der Waals surface area contributed by atoms with E-state index < -0.39 is 5.60 Å². The summed E-state index contributed by atoms with van der Waals surface area (Å²) in [5.41, 5.74) is 4.06. The second kappa shape index (κ2) is 9.41. The number of nitrogens with one attached hydrogen (secondary N) is 2. The minimum Gasteiger partial charge on any atom is -0.390 e. The smallest absolute Gasteiger partial charge is 0.260 e. The number of nitrogens with zero attached hydrogens (tertiary/aromatic N) is 1. The van der Waals surface area contributed by atoms with Gasteiger partial charge in [0.2, 0.25) is 0 Å². The van der Waals surface area contributed by atoms with Crippen molar-refractivity contribution in [1.29, 1.82) is 0 Å².